The van der Waals surface area contributed by atoms with Gasteiger partial charge in [0.1, 0.15) is 0 Å². The molecule has 0 saturated carbocycles. The van der Waals surface area contributed by atoms with Crippen molar-refractivity contribution in [2.24, 2.45) is 0 Å². The van der Waals surface area contributed by atoms with Gasteiger partial charge in [0.2, 0.25) is 0 Å². The summed E-state index contributed by atoms with van der Waals surface area (Å²) in [5.74, 6) is 0. The van der Waals surface area contributed by atoms with Gasteiger partial charge in [-0.2, -0.15) is 0 Å². The number of halogens is 1. The molecule has 90 valence electrons. The van der Waals surface area contributed by atoms with E-state index in [1.807, 2.05) is 37.4 Å². The molecule has 0 unspecified atom stereocenters. The van der Waals surface area contributed by atoms with Crippen molar-refractivity contribution in [2.75, 3.05) is 25.5 Å². The summed E-state index contributed by atoms with van der Waals surface area (Å²) in [5, 5.41) is 8.54. The first kappa shape index (κ1) is 14.7. The van der Waals surface area contributed by atoms with Gasteiger partial charge in [-0.1, -0.05) is 18.2 Å². The minimum Gasteiger partial charge on any atom is -0.338 e. The first-order chi connectivity index (χ1) is 7.33. The number of urea groups is 1. The fourth-order valence-electron chi connectivity index (χ4n) is 1.16. The van der Waals surface area contributed by atoms with Crippen LogP contribution in [-0.4, -0.2) is 26.2 Å². The highest BCUT2D eigenvalue weighted by atomic mass is 35.5. The summed E-state index contributed by atoms with van der Waals surface area (Å²) in [6, 6.07) is 9.24. The Balaban J connectivity index is 0.00000225. The molecule has 0 aliphatic rings. The molecule has 0 atom stereocenters. The molecule has 0 aliphatic carbocycles. The standard InChI is InChI=1S/C11H17N3O.ClH/c1-12-8-5-9-13-11(15)14-10-6-3-2-4-7-10;/h2-4,6-7,12H,5,8-9H2,1H3,(H2,13,14,15);1H. The molecule has 0 saturated heterocycles. The lowest BCUT2D eigenvalue weighted by atomic mass is 10.3. The third kappa shape index (κ3) is 6.27. The van der Waals surface area contributed by atoms with Crippen LogP contribution in [-0.2, 0) is 0 Å². The maximum Gasteiger partial charge on any atom is 0.319 e. The molecule has 3 N–H and O–H groups in total. The second-order valence-electron chi connectivity index (χ2n) is 3.20. The fourth-order valence-corrected chi connectivity index (χ4v) is 1.16. The van der Waals surface area contributed by atoms with Crippen LogP contribution in [0.4, 0.5) is 10.5 Å². The Morgan fingerprint density at radius 1 is 1.19 bits per heavy atom. The van der Waals surface area contributed by atoms with Crippen molar-refractivity contribution in [1.82, 2.24) is 10.6 Å². The fraction of sp³-hybridized carbons (Fsp3) is 0.364. The minimum absolute atomic E-state index is 0. The number of rotatable bonds is 5. The van der Waals surface area contributed by atoms with Crippen molar-refractivity contribution < 1.29 is 4.79 Å². The summed E-state index contributed by atoms with van der Waals surface area (Å²) in [7, 11) is 1.89. The van der Waals surface area contributed by atoms with Crippen LogP contribution in [0.15, 0.2) is 30.3 Å². The normalized spacial score (nSPS) is 9.06. The van der Waals surface area contributed by atoms with E-state index in [2.05, 4.69) is 16.0 Å². The summed E-state index contributed by atoms with van der Waals surface area (Å²) in [4.78, 5) is 11.3. The van der Waals surface area contributed by atoms with Crippen molar-refractivity contribution in [3.63, 3.8) is 0 Å². The molecular formula is C11H18ClN3O. The smallest absolute Gasteiger partial charge is 0.319 e. The lowest BCUT2D eigenvalue weighted by Crippen LogP contribution is -2.30. The molecule has 0 fully saturated rings. The Labute approximate surface area is 102 Å². The first-order valence-electron chi connectivity index (χ1n) is 5.07. The number of anilines is 1. The number of amides is 2. The van der Waals surface area contributed by atoms with Crippen LogP contribution in [0.25, 0.3) is 0 Å². The molecule has 4 nitrogen and oxygen atoms in total. The van der Waals surface area contributed by atoms with Gasteiger partial charge in [-0.25, -0.2) is 4.79 Å². The Hall–Kier alpha value is -1.26. The molecule has 5 heteroatoms. The molecule has 1 rings (SSSR count). The van der Waals surface area contributed by atoms with E-state index in [0.717, 1.165) is 18.7 Å². The Kier molecular flexibility index (Phi) is 8.29. The number of nitrogens with one attached hydrogen (secondary N) is 3. The molecule has 1 aromatic carbocycles. The van der Waals surface area contributed by atoms with Gasteiger partial charge in [-0.05, 0) is 32.1 Å². The van der Waals surface area contributed by atoms with Gasteiger partial charge in [0.15, 0.2) is 0 Å². The highest BCUT2D eigenvalue weighted by Gasteiger charge is 1.98. The van der Waals surface area contributed by atoms with Gasteiger partial charge in [-0.15, -0.1) is 12.4 Å². The van der Waals surface area contributed by atoms with Crippen molar-refractivity contribution in [1.29, 1.82) is 0 Å². The predicted octanol–water partition coefficient (Wildman–Crippen LogP) is 1.84. The topological polar surface area (TPSA) is 53.2 Å². The molecule has 0 radical (unpaired) electrons. The Bertz CT molecular complexity index is 293. The van der Waals surface area contributed by atoms with Crippen LogP contribution in [0.2, 0.25) is 0 Å². The van der Waals surface area contributed by atoms with Gasteiger partial charge < -0.3 is 16.0 Å². The second kappa shape index (κ2) is 9.00. The minimum atomic E-state index is -0.155. The molecule has 0 aromatic heterocycles. The lowest BCUT2D eigenvalue weighted by Gasteiger charge is -2.06. The average molecular weight is 244 g/mol. The molecule has 0 heterocycles. The zero-order valence-electron chi connectivity index (χ0n) is 9.32. The maximum atomic E-state index is 11.3. The zero-order chi connectivity index (χ0) is 10.9. The van der Waals surface area contributed by atoms with Gasteiger partial charge in [-0.3, -0.25) is 0 Å². The molecule has 1 aromatic rings. The predicted molar refractivity (Wildman–Crippen MR) is 69.3 cm³/mol. The molecule has 2 amide bonds. The summed E-state index contributed by atoms with van der Waals surface area (Å²) < 4.78 is 0. The van der Waals surface area contributed by atoms with E-state index in [4.69, 9.17) is 0 Å². The number of benzene rings is 1. The van der Waals surface area contributed by atoms with Crippen LogP contribution in [0, 0.1) is 0 Å². The van der Waals surface area contributed by atoms with Crippen LogP contribution in [0.3, 0.4) is 0 Å². The van der Waals surface area contributed by atoms with Crippen molar-refractivity contribution in [3.8, 4) is 0 Å². The summed E-state index contributed by atoms with van der Waals surface area (Å²) >= 11 is 0. The highest BCUT2D eigenvalue weighted by Crippen LogP contribution is 2.03. The Morgan fingerprint density at radius 2 is 1.88 bits per heavy atom. The lowest BCUT2D eigenvalue weighted by molar-refractivity contribution is 0.252. The number of carbonyl (C=O) groups is 1. The van der Waals surface area contributed by atoms with E-state index in [9.17, 15) is 4.79 Å². The number of hydrogen-bond acceptors (Lipinski definition) is 2. The SMILES string of the molecule is CNCCCNC(=O)Nc1ccccc1.Cl. The maximum absolute atomic E-state index is 11.3. The highest BCUT2D eigenvalue weighted by molar-refractivity contribution is 5.89. The van der Waals surface area contributed by atoms with E-state index in [1.165, 1.54) is 0 Å². The number of para-hydroxylation sites is 1. The van der Waals surface area contributed by atoms with Crippen molar-refractivity contribution in [2.45, 2.75) is 6.42 Å². The van der Waals surface area contributed by atoms with Crippen molar-refractivity contribution in [3.05, 3.63) is 30.3 Å². The molecule has 0 aliphatic heterocycles. The van der Waals surface area contributed by atoms with Crippen molar-refractivity contribution >= 4 is 24.1 Å². The van der Waals surface area contributed by atoms with E-state index < -0.39 is 0 Å². The molecule has 0 spiro atoms. The summed E-state index contributed by atoms with van der Waals surface area (Å²) in [6.45, 7) is 1.59. The second-order valence-corrected chi connectivity index (χ2v) is 3.20. The van der Waals surface area contributed by atoms with Crippen LogP contribution < -0.4 is 16.0 Å². The molecule has 16 heavy (non-hydrogen) atoms. The van der Waals surface area contributed by atoms with Gasteiger partial charge >= 0.3 is 6.03 Å². The van der Waals surface area contributed by atoms with Gasteiger partial charge in [0.05, 0.1) is 0 Å². The van der Waals surface area contributed by atoms with E-state index in [1.54, 1.807) is 0 Å². The van der Waals surface area contributed by atoms with Crippen LogP contribution in [0.5, 0.6) is 0 Å². The monoisotopic (exact) mass is 243 g/mol. The van der Waals surface area contributed by atoms with Gasteiger partial charge in [0.25, 0.3) is 0 Å². The Morgan fingerprint density at radius 3 is 2.50 bits per heavy atom. The molecular weight excluding hydrogens is 226 g/mol. The summed E-state index contributed by atoms with van der Waals surface area (Å²) in [6.07, 6.45) is 0.929. The first-order valence-corrected chi connectivity index (χ1v) is 5.07. The van der Waals surface area contributed by atoms with E-state index in [0.29, 0.717) is 6.54 Å². The third-order valence-electron chi connectivity index (χ3n) is 1.92. The van der Waals surface area contributed by atoms with E-state index >= 15 is 0 Å². The quantitative estimate of drug-likeness (QED) is 0.692. The summed E-state index contributed by atoms with van der Waals surface area (Å²) in [5.41, 5.74) is 0.809. The largest absolute Gasteiger partial charge is 0.338 e. The molecule has 0 bridgehead atoms. The number of carbonyl (C=O) groups excluding carboxylic acids is 1. The van der Waals surface area contributed by atoms with Crippen LogP contribution in [0.1, 0.15) is 6.42 Å². The van der Waals surface area contributed by atoms with Crippen LogP contribution >= 0.6 is 12.4 Å². The van der Waals surface area contributed by atoms with E-state index in [-0.39, 0.29) is 18.4 Å². The zero-order valence-corrected chi connectivity index (χ0v) is 10.1. The number of hydrogen-bond donors (Lipinski definition) is 3. The van der Waals surface area contributed by atoms with Gasteiger partial charge in [0, 0.05) is 12.2 Å². The average Bonchev–Trinajstić information content (AvgIpc) is 2.26. The third-order valence-corrected chi connectivity index (χ3v) is 1.92.